The van der Waals surface area contributed by atoms with Gasteiger partial charge < -0.3 is 9.32 Å². The SMILES string of the molecule is c1ccc(-c2ccc(N(c3ccc(-c4cccc5oc6ccc7ccc8c(c7c6c45)-c4ccccc4[Si]8(c4ccccc4)c4ccccc4)cc3)c3cc4ccccc4c4ccccc34)cc2)cc1. The molecule has 0 spiro atoms. The molecule has 2 nitrogen and oxygen atoms in total. The van der Waals surface area contributed by atoms with Crippen LogP contribution in [0.4, 0.5) is 17.1 Å². The number of fused-ring (bicyclic) bond motifs is 12. The van der Waals surface area contributed by atoms with Gasteiger partial charge in [0.2, 0.25) is 0 Å². The molecule has 14 rings (SSSR count). The molecule has 1 aromatic heterocycles. The molecule has 0 fully saturated rings. The highest BCUT2D eigenvalue weighted by atomic mass is 28.3. The van der Waals surface area contributed by atoms with E-state index in [9.17, 15) is 0 Å². The summed E-state index contributed by atoms with van der Waals surface area (Å²) in [6.45, 7) is 0. The maximum Gasteiger partial charge on any atom is 0.180 e. The molecule has 0 atom stereocenters. The Labute approximate surface area is 401 Å². The first-order valence-corrected chi connectivity index (χ1v) is 25.8. The molecule has 13 aromatic rings. The van der Waals surface area contributed by atoms with Crippen LogP contribution < -0.4 is 25.6 Å². The molecular weight excluding hydrogens is 851 g/mol. The zero-order valence-electron chi connectivity index (χ0n) is 37.7. The van der Waals surface area contributed by atoms with Gasteiger partial charge in [0, 0.05) is 32.9 Å². The summed E-state index contributed by atoms with van der Waals surface area (Å²) < 4.78 is 6.89. The van der Waals surface area contributed by atoms with Crippen molar-refractivity contribution in [3.05, 3.63) is 261 Å². The first-order valence-electron chi connectivity index (χ1n) is 23.8. The van der Waals surface area contributed by atoms with E-state index in [-0.39, 0.29) is 0 Å². The fourth-order valence-electron chi connectivity index (χ4n) is 11.8. The number of hydrogen-bond donors (Lipinski definition) is 0. The molecule has 1 aliphatic heterocycles. The second-order valence-electron chi connectivity index (χ2n) is 18.3. The van der Waals surface area contributed by atoms with Crippen molar-refractivity contribution < 1.29 is 4.42 Å². The Hall–Kier alpha value is -8.76. The van der Waals surface area contributed by atoms with Crippen LogP contribution in [-0.4, -0.2) is 8.07 Å². The van der Waals surface area contributed by atoms with Gasteiger partial charge in [-0.3, -0.25) is 0 Å². The van der Waals surface area contributed by atoms with E-state index in [1.54, 1.807) is 0 Å². The fraction of sp³-hybridized carbons (Fsp3) is 0. The summed E-state index contributed by atoms with van der Waals surface area (Å²) in [5.41, 5.74) is 12.4. The minimum atomic E-state index is -2.72. The first-order chi connectivity index (χ1) is 34.2. The molecule has 0 saturated carbocycles. The third-order valence-electron chi connectivity index (χ3n) is 14.7. The van der Waals surface area contributed by atoms with E-state index in [2.05, 4.69) is 266 Å². The van der Waals surface area contributed by atoms with Crippen LogP contribution in [0, 0.1) is 0 Å². The van der Waals surface area contributed by atoms with E-state index >= 15 is 0 Å². The summed E-state index contributed by atoms with van der Waals surface area (Å²) in [5.74, 6) is 0. The molecule has 0 saturated heterocycles. The molecule has 69 heavy (non-hydrogen) atoms. The average molecular weight is 894 g/mol. The van der Waals surface area contributed by atoms with Gasteiger partial charge in [0.25, 0.3) is 0 Å². The van der Waals surface area contributed by atoms with Crippen LogP contribution in [0.3, 0.4) is 0 Å². The zero-order valence-corrected chi connectivity index (χ0v) is 38.7. The Balaban J connectivity index is 0.979. The van der Waals surface area contributed by atoms with Gasteiger partial charge in [-0.2, -0.15) is 0 Å². The van der Waals surface area contributed by atoms with Gasteiger partial charge in [0.05, 0.1) is 5.69 Å². The van der Waals surface area contributed by atoms with Gasteiger partial charge in [-0.1, -0.05) is 218 Å². The molecule has 0 N–H and O–H groups in total. The normalized spacial score (nSPS) is 12.8. The van der Waals surface area contributed by atoms with Crippen molar-refractivity contribution in [1.29, 1.82) is 0 Å². The van der Waals surface area contributed by atoms with E-state index in [0.29, 0.717) is 0 Å². The van der Waals surface area contributed by atoms with Crippen molar-refractivity contribution in [3.63, 3.8) is 0 Å². The molecular formula is C66H43NOSi. The maximum atomic E-state index is 6.89. The third kappa shape index (κ3) is 5.97. The van der Waals surface area contributed by atoms with Gasteiger partial charge in [0.1, 0.15) is 11.2 Å². The highest BCUT2D eigenvalue weighted by Gasteiger charge is 2.49. The Morgan fingerprint density at radius 1 is 0.319 bits per heavy atom. The summed E-state index contributed by atoms with van der Waals surface area (Å²) in [5, 5.41) is 15.3. The monoisotopic (exact) mass is 893 g/mol. The lowest BCUT2D eigenvalue weighted by Gasteiger charge is -2.31. The highest BCUT2D eigenvalue weighted by Crippen LogP contribution is 2.47. The summed E-state index contributed by atoms with van der Waals surface area (Å²) in [6, 6.07) is 96.2. The molecule has 0 aliphatic carbocycles. The zero-order chi connectivity index (χ0) is 45.5. The topological polar surface area (TPSA) is 16.4 Å². The van der Waals surface area contributed by atoms with Gasteiger partial charge in [0.15, 0.2) is 8.07 Å². The highest BCUT2D eigenvalue weighted by molar-refractivity contribution is 7.22. The van der Waals surface area contributed by atoms with Crippen molar-refractivity contribution in [2.75, 3.05) is 4.90 Å². The Morgan fingerprint density at radius 2 is 0.870 bits per heavy atom. The van der Waals surface area contributed by atoms with Crippen molar-refractivity contribution >= 4 is 100 Å². The number of anilines is 3. The van der Waals surface area contributed by atoms with Crippen molar-refractivity contribution in [2.45, 2.75) is 0 Å². The van der Waals surface area contributed by atoms with Crippen LogP contribution in [0.15, 0.2) is 265 Å². The molecule has 12 aromatic carbocycles. The lowest BCUT2D eigenvalue weighted by Crippen LogP contribution is -2.72. The predicted molar refractivity (Wildman–Crippen MR) is 294 cm³/mol. The Bertz CT molecular complexity index is 4070. The minimum Gasteiger partial charge on any atom is -0.456 e. The molecule has 1 aliphatic rings. The number of benzene rings is 12. The third-order valence-corrected chi connectivity index (χ3v) is 19.6. The van der Waals surface area contributed by atoms with Crippen LogP contribution in [0.5, 0.6) is 0 Å². The second kappa shape index (κ2) is 15.7. The van der Waals surface area contributed by atoms with E-state index in [4.69, 9.17) is 4.42 Å². The molecule has 0 radical (unpaired) electrons. The van der Waals surface area contributed by atoms with Gasteiger partial charge in [-0.25, -0.2) is 0 Å². The summed E-state index contributed by atoms with van der Waals surface area (Å²) in [4.78, 5) is 2.42. The lowest BCUT2D eigenvalue weighted by molar-refractivity contribution is 0.669. The number of hydrogen-bond acceptors (Lipinski definition) is 2. The molecule has 3 heteroatoms. The van der Waals surface area contributed by atoms with Gasteiger partial charge in [-0.05, 0) is 118 Å². The largest absolute Gasteiger partial charge is 0.456 e. The van der Waals surface area contributed by atoms with Crippen LogP contribution in [0.1, 0.15) is 0 Å². The summed E-state index contributed by atoms with van der Waals surface area (Å²) in [7, 11) is -2.72. The quantitative estimate of drug-likeness (QED) is 0.117. The van der Waals surface area contributed by atoms with Crippen LogP contribution in [-0.2, 0) is 0 Å². The van der Waals surface area contributed by atoms with E-state index < -0.39 is 8.07 Å². The van der Waals surface area contributed by atoms with Crippen molar-refractivity contribution in [1.82, 2.24) is 0 Å². The van der Waals surface area contributed by atoms with E-state index in [1.165, 1.54) is 80.7 Å². The molecule has 0 amide bonds. The standard InChI is InChI=1S/C66H43NOSi/c1-4-17-44(18-5-1)45-31-37-49(38-32-45)67(58-43-48-19-10-11-24-53(48)55-25-12-13-26-56(55)58)50-39-33-46(34-40-50)54-28-16-29-59-64(54)66-60(68-59)41-35-47-36-42-62-65(63(47)66)57-27-14-15-30-61(57)69(62,51-20-6-2-7-21-51)52-22-8-3-9-23-52/h1-43H. The first kappa shape index (κ1) is 39.4. The lowest BCUT2D eigenvalue weighted by atomic mass is 9.92. The molecule has 2 heterocycles. The molecule has 0 bridgehead atoms. The average Bonchev–Trinajstić information content (AvgIpc) is 3.97. The summed E-state index contributed by atoms with van der Waals surface area (Å²) in [6.07, 6.45) is 0. The Morgan fingerprint density at radius 3 is 1.59 bits per heavy atom. The van der Waals surface area contributed by atoms with Crippen molar-refractivity contribution in [2.24, 2.45) is 0 Å². The maximum absolute atomic E-state index is 6.89. The Kier molecular flexibility index (Phi) is 8.95. The number of rotatable bonds is 7. The number of nitrogens with zero attached hydrogens (tertiary/aromatic N) is 1. The fourth-order valence-corrected chi connectivity index (χ4v) is 16.9. The van der Waals surface area contributed by atoms with Crippen LogP contribution in [0.2, 0.25) is 0 Å². The predicted octanol–water partition coefficient (Wildman–Crippen LogP) is 15.2. The minimum absolute atomic E-state index is 0.889. The van der Waals surface area contributed by atoms with Crippen LogP contribution in [0.25, 0.3) is 87.6 Å². The summed E-state index contributed by atoms with van der Waals surface area (Å²) >= 11 is 0. The van der Waals surface area contributed by atoms with E-state index in [1.807, 2.05) is 0 Å². The van der Waals surface area contributed by atoms with Gasteiger partial charge in [-0.15, -0.1) is 0 Å². The van der Waals surface area contributed by atoms with E-state index in [0.717, 1.165) is 44.7 Å². The molecule has 322 valence electrons. The number of furan rings is 1. The second-order valence-corrected chi connectivity index (χ2v) is 22.0. The smallest absolute Gasteiger partial charge is 0.180 e. The molecule has 0 unspecified atom stereocenters. The van der Waals surface area contributed by atoms with Gasteiger partial charge >= 0.3 is 0 Å². The van der Waals surface area contributed by atoms with Crippen molar-refractivity contribution in [3.8, 4) is 33.4 Å². The van der Waals surface area contributed by atoms with Crippen LogP contribution >= 0.6 is 0 Å².